The maximum atomic E-state index is 14.0. The van der Waals surface area contributed by atoms with E-state index < -0.39 is 23.3 Å². The molecule has 1 N–H and O–H groups in total. The fraction of sp³-hybridized carbons (Fsp3) is 0.286. The van der Waals surface area contributed by atoms with E-state index in [1.54, 1.807) is 17.8 Å². The Morgan fingerprint density at radius 2 is 1.87 bits per heavy atom. The molecule has 4 amide bonds. The average Bonchev–Trinajstić information content (AvgIpc) is 2.74. The van der Waals surface area contributed by atoms with Gasteiger partial charge >= 0.3 is 6.03 Å². The van der Waals surface area contributed by atoms with Crippen LogP contribution in [0.25, 0.3) is 0 Å². The summed E-state index contributed by atoms with van der Waals surface area (Å²) in [5, 5.41) is 2.96. The summed E-state index contributed by atoms with van der Waals surface area (Å²) >= 11 is 14.1. The monoisotopic (exact) mass is 461 g/mol. The van der Waals surface area contributed by atoms with Gasteiger partial charge < -0.3 is 4.90 Å². The molecule has 154 valence electrons. The van der Waals surface area contributed by atoms with E-state index in [1.807, 2.05) is 24.3 Å². The van der Waals surface area contributed by atoms with Gasteiger partial charge in [-0.25, -0.2) is 9.69 Å². The van der Waals surface area contributed by atoms with Gasteiger partial charge in [-0.3, -0.25) is 14.9 Å². The van der Waals surface area contributed by atoms with Crippen LogP contribution in [0.5, 0.6) is 0 Å². The van der Waals surface area contributed by atoms with E-state index in [2.05, 4.69) is 10.2 Å². The van der Waals surface area contributed by atoms with Gasteiger partial charge in [0.05, 0.1) is 16.8 Å². The van der Waals surface area contributed by atoms with Gasteiger partial charge in [0.25, 0.3) is 5.91 Å². The third-order valence-electron chi connectivity index (χ3n) is 6.03. The number of amides is 4. The molecular weight excluding hydrogens is 445 g/mol. The first-order valence-corrected chi connectivity index (χ1v) is 11.4. The molecule has 30 heavy (non-hydrogen) atoms. The Hall–Kier alpha value is -2.22. The molecule has 0 aromatic heterocycles. The van der Waals surface area contributed by atoms with Crippen molar-refractivity contribution in [1.29, 1.82) is 0 Å². The Bertz CT molecular complexity index is 1090. The number of carbonyl (C=O) groups excluding carboxylic acids is 3. The van der Waals surface area contributed by atoms with Crippen molar-refractivity contribution in [3.63, 3.8) is 0 Å². The lowest BCUT2D eigenvalue weighted by molar-refractivity contribution is -0.144. The van der Waals surface area contributed by atoms with E-state index in [0.29, 0.717) is 10.8 Å². The third kappa shape index (κ3) is 2.76. The molecule has 3 aliphatic heterocycles. The number of para-hydroxylation sites is 1. The number of halogens is 2. The van der Waals surface area contributed by atoms with Crippen molar-refractivity contribution in [1.82, 2.24) is 5.32 Å². The first-order chi connectivity index (χ1) is 14.4. The lowest BCUT2D eigenvalue weighted by Crippen LogP contribution is -2.73. The molecule has 2 atom stereocenters. The number of hydrogen-bond donors (Lipinski definition) is 1. The number of benzene rings is 2. The van der Waals surface area contributed by atoms with Crippen LogP contribution in [0.4, 0.5) is 16.2 Å². The molecule has 2 saturated heterocycles. The topological polar surface area (TPSA) is 69.7 Å². The van der Waals surface area contributed by atoms with E-state index >= 15 is 0 Å². The molecule has 3 aliphatic rings. The zero-order valence-corrected chi connectivity index (χ0v) is 18.1. The van der Waals surface area contributed by atoms with Crippen molar-refractivity contribution >= 4 is 64.2 Å². The van der Waals surface area contributed by atoms with Crippen molar-refractivity contribution in [3.8, 4) is 0 Å². The Morgan fingerprint density at radius 3 is 2.70 bits per heavy atom. The Balaban J connectivity index is 1.68. The number of rotatable bonds is 1. The smallest absolute Gasteiger partial charge is 0.335 e. The van der Waals surface area contributed by atoms with Crippen LogP contribution in [-0.2, 0) is 16.0 Å². The third-order valence-corrected chi connectivity index (χ3v) is 7.61. The molecular formula is C21H17Cl2N3O3S. The first kappa shape index (κ1) is 19.7. The second-order valence-electron chi connectivity index (χ2n) is 7.56. The molecule has 0 bridgehead atoms. The number of carbonyl (C=O) groups is 3. The highest BCUT2D eigenvalue weighted by Gasteiger charge is 2.62. The Labute approximate surface area is 187 Å². The molecule has 9 heteroatoms. The summed E-state index contributed by atoms with van der Waals surface area (Å²) in [5.41, 5.74) is 0.697. The van der Waals surface area contributed by atoms with Crippen LogP contribution in [-0.4, -0.2) is 41.9 Å². The molecule has 2 aromatic carbocycles. The van der Waals surface area contributed by atoms with Crippen molar-refractivity contribution in [3.05, 3.63) is 58.1 Å². The molecule has 6 nitrogen and oxygen atoms in total. The van der Waals surface area contributed by atoms with Crippen LogP contribution < -0.4 is 15.1 Å². The minimum atomic E-state index is -1.43. The minimum absolute atomic E-state index is 0.174. The number of urea groups is 1. The van der Waals surface area contributed by atoms with Gasteiger partial charge in [-0.05, 0) is 36.2 Å². The van der Waals surface area contributed by atoms with Crippen molar-refractivity contribution < 1.29 is 14.4 Å². The lowest BCUT2D eigenvalue weighted by atomic mass is 9.69. The molecule has 0 radical (unpaired) electrons. The van der Waals surface area contributed by atoms with Crippen LogP contribution in [0, 0.1) is 5.41 Å². The quantitative estimate of drug-likeness (QED) is 0.654. The molecule has 1 spiro atoms. The Morgan fingerprint density at radius 1 is 1.07 bits per heavy atom. The van der Waals surface area contributed by atoms with E-state index in [4.69, 9.17) is 23.2 Å². The normalized spacial score (nSPS) is 25.8. The highest BCUT2D eigenvalue weighted by atomic mass is 35.5. The van der Waals surface area contributed by atoms with E-state index in [0.717, 1.165) is 28.4 Å². The standard InChI is InChI=1S/C21H17Cl2N3O3S/c22-13-5-6-14(23)16(9-13)26-19(28)21(18(27)24-20(26)29)10-12-3-1-2-4-15(12)25-7-8-30-11-17(21)25/h1-6,9,17H,7-8,10-11H2,(H,24,27,29)/t17-,21+/m1/s1. The number of fused-ring (bicyclic) bond motifs is 4. The molecule has 0 aliphatic carbocycles. The summed E-state index contributed by atoms with van der Waals surface area (Å²) in [6, 6.07) is 11.2. The lowest BCUT2D eigenvalue weighted by Gasteiger charge is -2.53. The largest absolute Gasteiger partial charge is 0.365 e. The van der Waals surface area contributed by atoms with E-state index in [9.17, 15) is 14.4 Å². The van der Waals surface area contributed by atoms with E-state index in [1.165, 1.54) is 12.1 Å². The molecule has 2 fully saturated rings. The van der Waals surface area contributed by atoms with Gasteiger partial charge in [-0.1, -0.05) is 41.4 Å². The van der Waals surface area contributed by atoms with Gasteiger partial charge in [0.2, 0.25) is 5.91 Å². The van der Waals surface area contributed by atoms with Crippen molar-refractivity contribution in [2.75, 3.05) is 27.9 Å². The summed E-state index contributed by atoms with van der Waals surface area (Å²) in [6.07, 6.45) is 0.220. The number of hydrogen-bond acceptors (Lipinski definition) is 5. The maximum Gasteiger partial charge on any atom is 0.335 e. The fourth-order valence-corrected chi connectivity index (χ4v) is 6.19. The number of nitrogens with one attached hydrogen (secondary N) is 1. The molecule has 0 saturated carbocycles. The second kappa shape index (κ2) is 7.18. The Kier molecular flexibility index (Phi) is 4.72. The zero-order valence-electron chi connectivity index (χ0n) is 15.7. The second-order valence-corrected chi connectivity index (χ2v) is 9.55. The number of barbiturate groups is 1. The zero-order chi connectivity index (χ0) is 21.0. The minimum Gasteiger partial charge on any atom is -0.365 e. The summed E-state index contributed by atoms with van der Waals surface area (Å²) in [4.78, 5) is 43.1. The van der Waals surface area contributed by atoms with Gasteiger partial charge in [0, 0.05) is 28.8 Å². The van der Waals surface area contributed by atoms with Crippen LogP contribution in [0.3, 0.4) is 0 Å². The SMILES string of the molecule is O=C1NC(=O)[C@@]2(Cc3ccccc3N3CCSC[C@@H]32)C(=O)N1c1cc(Cl)ccc1Cl. The summed E-state index contributed by atoms with van der Waals surface area (Å²) in [5.74, 6) is 0.393. The van der Waals surface area contributed by atoms with Gasteiger partial charge in [0.15, 0.2) is 5.41 Å². The first-order valence-electron chi connectivity index (χ1n) is 9.51. The molecule has 0 unspecified atom stereocenters. The average molecular weight is 462 g/mol. The molecule has 2 aromatic rings. The summed E-state index contributed by atoms with van der Waals surface area (Å²) in [6.45, 7) is 0.723. The van der Waals surface area contributed by atoms with Crippen molar-refractivity contribution in [2.45, 2.75) is 12.5 Å². The van der Waals surface area contributed by atoms with Crippen LogP contribution in [0.15, 0.2) is 42.5 Å². The number of nitrogens with zero attached hydrogens (tertiary/aromatic N) is 2. The number of imide groups is 2. The predicted octanol–water partition coefficient (Wildman–Crippen LogP) is 3.74. The van der Waals surface area contributed by atoms with Crippen LogP contribution in [0.2, 0.25) is 10.0 Å². The number of thioether (sulfide) groups is 1. The maximum absolute atomic E-state index is 14.0. The summed E-state index contributed by atoms with van der Waals surface area (Å²) < 4.78 is 0. The molecule has 5 rings (SSSR count). The fourth-order valence-electron chi connectivity index (χ4n) is 4.64. The molecule has 3 heterocycles. The highest BCUT2D eigenvalue weighted by Crippen LogP contribution is 2.47. The van der Waals surface area contributed by atoms with Crippen molar-refractivity contribution in [2.24, 2.45) is 5.41 Å². The van der Waals surface area contributed by atoms with Crippen LogP contribution >= 0.6 is 35.0 Å². The van der Waals surface area contributed by atoms with Gasteiger partial charge in [-0.2, -0.15) is 11.8 Å². The van der Waals surface area contributed by atoms with Gasteiger partial charge in [-0.15, -0.1) is 0 Å². The predicted molar refractivity (Wildman–Crippen MR) is 119 cm³/mol. The summed E-state index contributed by atoms with van der Waals surface area (Å²) in [7, 11) is 0. The van der Waals surface area contributed by atoms with Crippen LogP contribution in [0.1, 0.15) is 5.56 Å². The van der Waals surface area contributed by atoms with Gasteiger partial charge in [0.1, 0.15) is 0 Å². The highest BCUT2D eigenvalue weighted by molar-refractivity contribution is 7.99. The van der Waals surface area contributed by atoms with E-state index in [-0.39, 0.29) is 23.2 Å². The number of anilines is 2.